The van der Waals surface area contributed by atoms with Crippen molar-refractivity contribution in [2.45, 2.75) is 13.1 Å². The van der Waals surface area contributed by atoms with Gasteiger partial charge in [-0.2, -0.15) is 13.2 Å². The van der Waals surface area contributed by atoms with Crippen LogP contribution < -0.4 is 0 Å². The molecule has 5 nitrogen and oxygen atoms in total. The van der Waals surface area contributed by atoms with Crippen molar-refractivity contribution in [1.82, 2.24) is 4.98 Å². The van der Waals surface area contributed by atoms with Crippen molar-refractivity contribution in [3.05, 3.63) is 29.0 Å². The fourth-order valence-electron chi connectivity index (χ4n) is 1.41. The maximum atomic E-state index is 12.8. The average molecular weight is 310 g/mol. The van der Waals surface area contributed by atoms with E-state index in [9.17, 15) is 18.0 Å². The zero-order valence-electron chi connectivity index (χ0n) is 9.95. The van der Waals surface area contributed by atoms with Crippen LogP contribution in [0.4, 0.5) is 13.2 Å². The van der Waals surface area contributed by atoms with Gasteiger partial charge in [0.2, 0.25) is 16.9 Å². The van der Waals surface area contributed by atoms with Gasteiger partial charge in [0.1, 0.15) is 0 Å². The molecule has 2 aromatic heterocycles. The molecule has 0 aromatic carbocycles. The monoisotopic (exact) mass is 309 g/mol. The molecule has 2 rings (SSSR count). The summed E-state index contributed by atoms with van der Waals surface area (Å²) in [6.45, 7) is 1.36. The van der Waals surface area contributed by atoms with Gasteiger partial charge in [0, 0.05) is 0 Å². The summed E-state index contributed by atoms with van der Waals surface area (Å²) in [5.74, 6) is -2.75. The number of halogens is 4. The first-order valence-corrected chi connectivity index (χ1v) is 5.71. The molecule has 108 valence electrons. The van der Waals surface area contributed by atoms with Gasteiger partial charge in [-0.3, -0.25) is 0 Å². The molecule has 0 saturated carbocycles. The highest BCUT2D eigenvalue weighted by Gasteiger charge is 2.42. The SMILES string of the molecule is CCOC(=O)c1oc(-c2ccoc2Cl)nc1C(F)(F)F. The molecule has 9 heteroatoms. The number of ether oxygens (including phenoxy) is 1. The van der Waals surface area contributed by atoms with Gasteiger partial charge in [0.15, 0.2) is 5.69 Å². The van der Waals surface area contributed by atoms with Crippen molar-refractivity contribution in [3.8, 4) is 11.5 Å². The van der Waals surface area contributed by atoms with Crippen LogP contribution >= 0.6 is 11.6 Å². The van der Waals surface area contributed by atoms with Gasteiger partial charge in [-0.15, -0.1) is 0 Å². The third kappa shape index (κ3) is 2.64. The predicted octanol–water partition coefficient (Wildman–Crippen LogP) is 3.78. The van der Waals surface area contributed by atoms with Crippen LogP contribution in [0, 0.1) is 0 Å². The third-order valence-electron chi connectivity index (χ3n) is 2.20. The number of carbonyl (C=O) groups is 1. The van der Waals surface area contributed by atoms with Crippen LogP contribution in [0.1, 0.15) is 23.2 Å². The lowest BCUT2D eigenvalue weighted by Gasteiger charge is -2.03. The molecule has 0 aliphatic carbocycles. The molecule has 0 radical (unpaired) electrons. The minimum Gasteiger partial charge on any atom is -0.460 e. The summed E-state index contributed by atoms with van der Waals surface area (Å²) >= 11 is 5.63. The minimum absolute atomic E-state index is 0.00714. The number of alkyl halides is 3. The first-order chi connectivity index (χ1) is 9.34. The van der Waals surface area contributed by atoms with Gasteiger partial charge < -0.3 is 13.6 Å². The highest BCUT2D eigenvalue weighted by atomic mass is 35.5. The Labute approximate surface area is 115 Å². The molecule has 0 aliphatic rings. The molecular formula is C11H7ClF3NO4. The Morgan fingerprint density at radius 3 is 2.70 bits per heavy atom. The fraction of sp³-hybridized carbons (Fsp3) is 0.273. The maximum absolute atomic E-state index is 12.8. The molecule has 0 amide bonds. The van der Waals surface area contributed by atoms with Crippen LogP contribution in [0.5, 0.6) is 0 Å². The number of rotatable bonds is 3. The van der Waals surface area contributed by atoms with E-state index in [1.54, 1.807) is 0 Å². The lowest BCUT2D eigenvalue weighted by atomic mass is 10.3. The summed E-state index contributed by atoms with van der Waals surface area (Å²) in [6.07, 6.45) is -3.71. The smallest absolute Gasteiger partial charge is 0.437 e. The van der Waals surface area contributed by atoms with Crippen LogP contribution in [-0.2, 0) is 10.9 Å². The van der Waals surface area contributed by atoms with E-state index in [1.807, 2.05) is 0 Å². The molecule has 2 heterocycles. The van der Waals surface area contributed by atoms with E-state index in [0.29, 0.717) is 0 Å². The van der Waals surface area contributed by atoms with Crippen molar-refractivity contribution < 1.29 is 31.5 Å². The van der Waals surface area contributed by atoms with Crippen LogP contribution in [-0.4, -0.2) is 17.6 Å². The summed E-state index contributed by atoms with van der Waals surface area (Å²) in [7, 11) is 0. The van der Waals surface area contributed by atoms with Gasteiger partial charge >= 0.3 is 12.1 Å². The highest BCUT2D eigenvalue weighted by Crippen LogP contribution is 2.36. The number of hydrogen-bond donors (Lipinski definition) is 0. The maximum Gasteiger partial charge on any atom is 0.437 e. The van der Waals surface area contributed by atoms with Crippen LogP contribution in [0.25, 0.3) is 11.5 Å². The van der Waals surface area contributed by atoms with E-state index < -0.39 is 29.5 Å². The molecule has 0 unspecified atom stereocenters. The van der Waals surface area contributed by atoms with Gasteiger partial charge in [-0.1, -0.05) is 0 Å². The molecule has 20 heavy (non-hydrogen) atoms. The second-order valence-corrected chi connectivity index (χ2v) is 3.87. The Morgan fingerprint density at radius 1 is 1.50 bits per heavy atom. The quantitative estimate of drug-likeness (QED) is 0.807. The van der Waals surface area contributed by atoms with Gasteiger partial charge in [-0.25, -0.2) is 9.78 Å². The van der Waals surface area contributed by atoms with Gasteiger partial charge in [-0.05, 0) is 24.6 Å². The number of aromatic nitrogens is 1. The zero-order chi connectivity index (χ0) is 14.9. The third-order valence-corrected chi connectivity index (χ3v) is 2.50. The summed E-state index contributed by atoms with van der Waals surface area (Å²) in [5.41, 5.74) is -1.46. The van der Waals surface area contributed by atoms with E-state index in [0.717, 1.165) is 6.26 Å². The van der Waals surface area contributed by atoms with Crippen molar-refractivity contribution >= 4 is 17.6 Å². The largest absolute Gasteiger partial charge is 0.460 e. The number of esters is 1. The molecular weight excluding hydrogens is 303 g/mol. The average Bonchev–Trinajstić information content (AvgIpc) is 2.94. The minimum atomic E-state index is -4.86. The molecule has 0 fully saturated rings. The van der Waals surface area contributed by atoms with Crippen LogP contribution in [0.3, 0.4) is 0 Å². The van der Waals surface area contributed by atoms with E-state index in [1.165, 1.54) is 13.0 Å². The number of carbonyl (C=O) groups excluding carboxylic acids is 1. The topological polar surface area (TPSA) is 65.5 Å². The predicted molar refractivity (Wildman–Crippen MR) is 60.2 cm³/mol. The highest BCUT2D eigenvalue weighted by molar-refractivity contribution is 6.31. The summed E-state index contributed by atoms with van der Waals surface area (Å²) in [5, 5.41) is -0.199. The summed E-state index contributed by atoms with van der Waals surface area (Å²) < 4.78 is 52.5. The van der Waals surface area contributed by atoms with Crippen molar-refractivity contribution in [3.63, 3.8) is 0 Å². The second kappa shape index (κ2) is 5.20. The standard InChI is InChI=1S/C11H7ClF3NO4/c1-2-18-10(17)6-7(11(13,14)15)16-9(20-6)5-3-4-19-8(5)12/h3-4H,2H2,1H3. The lowest BCUT2D eigenvalue weighted by Crippen LogP contribution is -2.14. The van der Waals surface area contributed by atoms with E-state index >= 15 is 0 Å². The molecule has 0 saturated heterocycles. The second-order valence-electron chi connectivity index (χ2n) is 3.52. The van der Waals surface area contributed by atoms with Gasteiger partial charge in [0.25, 0.3) is 0 Å². The Kier molecular flexibility index (Phi) is 3.76. The van der Waals surface area contributed by atoms with E-state index in [4.69, 9.17) is 20.4 Å². The Balaban J connectivity index is 2.53. The fourth-order valence-corrected chi connectivity index (χ4v) is 1.60. The molecule has 0 bridgehead atoms. The molecule has 0 aliphatic heterocycles. The number of oxazole rings is 1. The molecule has 0 spiro atoms. The summed E-state index contributed by atoms with van der Waals surface area (Å²) in [4.78, 5) is 14.7. The van der Waals surface area contributed by atoms with E-state index in [2.05, 4.69) is 9.72 Å². The number of furan rings is 1. The number of nitrogens with zero attached hydrogens (tertiary/aromatic N) is 1. The molecule has 0 N–H and O–H groups in total. The molecule has 0 atom stereocenters. The zero-order valence-corrected chi connectivity index (χ0v) is 10.7. The first kappa shape index (κ1) is 14.4. The Morgan fingerprint density at radius 2 is 2.20 bits per heavy atom. The van der Waals surface area contributed by atoms with E-state index in [-0.39, 0.29) is 17.4 Å². The van der Waals surface area contributed by atoms with Gasteiger partial charge in [0.05, 0.1) is 18.4 Å². The van der Waals surface area contributed by atoms with Crippen molar-refractivity contribution in [2.24, 2.45) is 0 Å². The first-order valence-electron chi connectivity index (χ1n) is 5.33. The van der Waals surface area contributed by atoms with Crippen molar-refractivity contribution in [1.29, 1.82) is 0 Å². The Bertz CT molecular complexity index is 632. The van der Waals surface area contributed by atoms with Crippen molar-refractivity contribution in [2.75, 3.05) is 6.61 Å². The normalized spacial score (nSPS) is 11.7. The van der Waals surface area contributed by atoms with Crippen LogP contribution in [0.2, 0.25) is 5.22 Å². The lowest BCUT2D eigenvalue weighted by molar-refractivity contribution is -0.141. The summed E-state index contributed by atoms with van der Waals surface area (Å²) in [6, 6.07) is 1.27. The number of hydrogen-bond acceptors (Lipinski definition) is 5. The Hall–Kier alpha value is -1.96. The molecule has 2 aromatic rings. The van der Waals surface area contributed by atoms with Crippen LogP contribution in [0.15, 0.2) is 21.2 Å².